The lowest BCUT2D eigenvalue weighted by molar-refractivity contribution is -0.124. The number of imide groups is 1. The van der Waals surface area contributed by atoms with Crippen molar-refractivity contribution in [1.29, 1.82) is 0 Å². The van der Waals surface area contributed by atoms with Crippen LogP contribution in [0.25, 0.3) is 11.3 Å². The minimum Gasteiger partial charge on any atom is -0.373 e. The molecule has 4 saturated heterocycles. The van der Waals surface area contributed by atoms with Crippen molar-refractivity contribution in [2.45, 2.75) is 101 Å². The van der Waals surface area contributed by atoms with Crippen molar-refractivity contribution in [1.82, 2.24) is 41.2 Å². The lowest BCUT2D eigenvalue weighted by Crippen LogP contribution is -2.56. The molecular weight excluding hydrogens is 761 g/mol. The molecule has 310 valence electrons. The third kappa shape index (κ3) is 9.58. The van der Waals surface area contributed by atoms with Crippen molar-refractivity contribution in [2.75, 3.05) is 42.2 Å². The highest BCUT2D eigenvalue weighted by atomic mass is 32.2. The number of ether oxygens (including phenoxy) is 1. The molecule has 0 aliphatic carbocycles. The molecule has 8 amide bonds. The number of para-hydroxylation sites is 1. The van der Waals surface area contributed by atoms with Crippen LogP contribution in [0, 0.1) is 5.41 Å². The summed E-state index contributed by atoms with van der Waals surface area (Å²) in [6.07, 6.45) is 5.73. The van der Waals surface area contributed by atoms with Crippen molar-refractivity contribution in [3.63, 3.8) is 0 Å². The zero-order valence-corrected chi connectivity index (χ0v) is 34.4. The van der Waals surface area contributed by atoms with E-state index in [2.05, 4.69) is 50.7 Å². The van der Waals surface area contributed by atoms with Crippen LogP contribution in [-0.2, 0) is 20.9 Å². The average molecular weight is 815 g/mol. The standard InChI is InChI=1S/C41H54N10O6S/c1-39(2,26-57-40(3,4)24-42-33(52)13-9-8-12-32-34-31(23-58-32)44-36(54)45-34)25-50-22-30(47-48-50)27-14-16-28(17-15-27)43-37(55)49-20-18-41(19-21-49)35(53)51(38(56)46-41)29-10-6-5-7-11-29/h5-7,10-11,14-17,22,31-32,34H,8-9,12-13,18-21,23-26H2,1-4H3,(H,42,52)(H,43,55)(H,46,56)(H2,44,45,54)/t31-,32-,34-/m0/s1. The van der Waals surface area contributed by atoms with Crippen LogP contribution in [0.2, 0.25) is 0 Å². The van der Waals surface area contributed by atoms with E-state index in [0.717, 1.165) is 30.6 Å². The summed E-state index contributed by atoms with van der Waals surface area (Å²) >= 11 is 1.89. The molecule has 1 spiro atoms. The van der Waals surface area contributed by atoms with E-state index in [0.29, 0.717) is 74.4 Å². The van der Waals surface area contributed by atoms with Crippen molar-refractivity contribution in [2.24, 2.45) is 5.41 Å². The molecule has 4 aliphatic rings. The zero-order valence-electron chi connectivity index (χ0n) is 33.6. The van der Waals surface area contributed by atoms with Gasteiger partial charge in [-0.25, -0.2) is 19.3 Å². The van der Waals surface area contributed by atoms with Crippen molar-refractivity contribution in [3.05, 3.63) is 60.8 Å². The Morgan fingerprint density at radius 3 is 2.47 bits per heavy atom. The number of benzene rings is 2. The van der Waals surface area contributed by atoms with E-state index in [1.807, 2.05) is 62.1 Å². The SMILES string of the molecule is CC(C)(COC(C)(C)CNC(=O)CCCC[C@@H]1SC[C@@H]2NC(=O)N[C@@H]21)Cn1cc(-c2ccc(NC(=O)N3CCC4(CC3)NC(=O)N(c3ccccc3)C4=O)cc2)nn1. The second-order valence-corrected chi connectivity index (χ2v) is 18.4. The van der Waals surface area contributed by atoms with Gasteiger partial charge in [0, 0.05) is 60.3 Å². The van der Waals surface area contributed by atoms with E-state index >= 15 is 0 Å². The van der Waals surface area contributed by atoms with Crippen LogP contribution in [0.3, 0.4) is 0 Å². The first kappa shape index (κ1) is 41.0. The van der Waals surface area contributed by atoms with E-state index in [9.17, 15) is 24.0 Å². The van der Waals surface area contributed by atoms with Gasteiger partial charge in [0.25, 0.3) is 5.91 Å². The number of anilines is 2. The van der Waals surface area contributed by atoms with Crippen LogP contribution in [-0.4, -0.2) is 110 Å². The van der Waals surface area contributed by atoms with E-state index in [-0.39, 0.29) is 41.4 Å². The Bertz CT molecular complexity index is 1980. The van der Waals surface area contributed by atoms with E-state index in [1.165, 1.54) is 4.90 Å². The van der Waals surface area contributed by atoms with Gasteiger partial charge in [0.05, 0.1) is 36.2 Å². The number of carbonyl (C=O) groups is 5. The van der Waals surface area contributed by atoms with E-state index in [1.54, 1.807) is 33.8 Å². The first-order valence-corrected chi connectivity index (χ1v) is 21.1. The van der Waals surface area contributed by atoms with Crippen LogP contribution in [0.5, 0.6) is 0 Å². The molecule has 5 N–H and O–H groups in total. The summed E-state index contributed by atoms with van der Waals surface area (Å²) in [5.41, 5.74) is 0.830. The molecule has 4 fully saturated rings. The van der Waals surface area contributed by atoms with Gasteiger partial charge >= 0.3 is 18.1 Å². The monoisotopic (exact) mass is 814 g/mol. The summed E-state index contributed by atoms with van der Waals surface area (Å²) in [6.45, 7) is 10.2. The predicted octanol–water partition coefficient (Wildman–Crippen LogP) is 4.73. The Labute approximate surface area is 342 Å². The fourth-order valence-corrected chi connectivity index (χ4v) is 9.44. The first-order chi connectivity index (χ1) is 27.7. The second kappa shape index (κ2) is 17.0. The molecule has 7 rings (SSSR count). The van der Waals surface area contributed by atoms with Crippen LogP contribution < -0.4 is 31.5 Å². The lowest BCUT2D eigenvalue weighted by Gasteiger charge is -2.37. The normalized spacial score (nSPS) is 21.4. The Morgan fingerprint density at radius 1 is 0.983 bits per heavy atom. The quantitative estimate of drug-likeness (QED) is 0.0820. The van der Waals surface area contributed by atoms with Gasteiger partial charge in [-0.15, -0.1) is 5.10 Å². The number of hydrogen-bond donors (Lipinski definition) is 5. The second-order valence-electron chi connectivity index (χ2n) is 17.1. The van der Waals surface area contributed by atoms with Gasteiger partial charge in [0.15, 0.2) is 0 Å². The number of unbranched alkanes of at least 4 members (excludes halogenated alkanes) is 1. The largest absolute Gasteiger partial charge is 0.373 e. The molecule has 4 aliphatic heterocycles. The molecule has 1 aromatic heterocycles. The van der Waals surface area contributed by atoms with Crippen LogP contribution in [0.4, 0.5) is 25.8 Å². The third-order valence-corrected chi connectivity index (χ3v) is 12.8. The van der Waals surface area contributed by atoms with Gasteiger partial charge in [-0.05, 0) is 63.8 Å². The van der Waals surface area contributed by atoms with Gasteiger partial charge in [0.2, 0.25) is 5.91 Å². The number of piperidine rings is 1. The highest BCUT2D eigenvalue weighted by Gasteiger charge is 2.53. The number of fused-ring (bicyclic) bond motifs is 1. The number of hydrogen-bond acceptors (Lipinski definition) is 9. The molecule has 0 bridgehead atoms. The molecule has 17 heteroatoms. The topological polar surface area (TPSA) is 192 Å². The van der Waals surface area contributed by atoms with Gasteiger partial charge in [0.1, 0.15) is 11.2 Å². The minimum absolute atomic E-state index is 0.0146. The highest BCUT2D eigenvalue weighted by molar-refractivity contribution is 8.00. The highest BCUT2D eigenvalue weighted by Crippen LogP contribution is 2.34. The lowest BCUT2D eigenvalue weighted by atomic mass is 9.87. The average Bonchev–Trinajstić information content (AvgIpc) is 3.96. The molecular formula is C41H54N10O6S. The summed E-state index contributed by atoms with van der Waals surface area (Å²) in [7, 11) is 0. The predicted molar refractivity (Wildman–Crippen MR) is 221 cm³/mol. The number of amides is 8. The van der Waals surface area contributed by atoms with E-state index in [4.69, 9.17) is 4.74 Å². The fourth-order valence-electron chi connectivity index (χ4n) is 7.90. The molecule has 0 saturated carbocycles. The van der Waals surface area contributed by atoms with Gasteiger partial charge in [-0.2, -0.15) is 11.8 Å². The number of likely N-dealkylation sites (tertiary alicyclic amines) is 1. The Morgan fingerprint density at radius 2 is 1.72 bits per heavy atom. The first-order valence-electron chi connectivity index (χ1n) is 20.1. The van der Waals surface area contributed by atoms with Gasteiger partial charge in [-0.3, -0.25) is 14.3 Å². The maximum atomic E-state index is 13.4. The number of aromatic nitrogens is 3. The molecule has 2 aromatic carbocycles. The number of carbonyl (C=O) groups excluding carboxylic acids is 5. The molecule has 0 radical (unpaired) electrons. The maximum Gasteiger partial charge on any atom is 0.329 e. The number of thioether (sulfide) groups is 1. The van der Waals surface area contributed by atoms with Crippen LogP contribution in [0.15, 0.2) is 60.8 Å². The zero-order chi connectivity index (χ0) is 41.1. The summed E-state index contributed by atoms with van der Waals surface area (Å²) in [6, 6.07) is 15.9. The molecule has 16 nitrogen and oxygen atoms in total. The molecule has 3 aromatic rings. The fraction of sp³-hybridized carbons (Fsp3) is 0.537. The maximum absolute atomic E-state index is 13.4. The van der Waals surface area contributed by atoms with Crippen LogP contribution in [0.1, 0.15) is 66.2 Å². The number of urea groups is 3. The molecule has 58 heavy (non-hydrogen) atoms. The van der Waals surface area contributed by atoms with E-state index < -0.39 is 17.2 Å². The summed E-state index contributed by atoms with van der Waals surface area (Å²) in [5.74, 6) is 0.668. The Hall–Kier alpha value is -5.16. The number of rotatable bonds is 15. The Balaban J connectivity index is 0.809. The van der Waals surface area contributed by atoms with Crippen molar-refractivity contribution >= 4 is 53.0 Å². The molecule has 0 unspecified atom stereocenters. The van der Waals surface area contributed by atoms with Gasteiger partial charge in [-0.1, -0.05) is 55.8 Å². The minimum atomic E-state index is -1.02. The smallest absolute Gasteiger partial charge is 0.329 e. The van der Waals surface area contributed by atoms with Crippen molar-refractivity contribution < 1.29 is 28.7 Å². The Kier molecular flexibility index (Phi) is 12.0. The summed E-state index contributed by atoms with van der Waals surface area (Å²) in [5, 5.41) is 24.0. The summed E-state index contributed by atoms with van der Waals surface area (Å²) in [4.78, 5) is 66.3. The van der Waals surface area contributed by atoms with Gasteiger partial charge < -0.3 is 36.2 Å². The van der Waals surface area contributed by atoms with Crippen molar-refractivity contribution in [3.8, 4) is 11.3 Å². The van der Waals surface area contributed by atoms with Crippen LogP contribution >= 0.6 is 11.8 Å². The number of nitrogens with one attached hydrogen (secondary N) is 5. The summed E-state index contributed by atoms with van der Waals surface area (Å²) < 4.78 is 8.10. The molecule has 5 heterocycles. The molecule has 3 atom stereocenters. The third-order valence-electron chi connectivity index (χ3n) is 11.3. The number of nitrogens with zero attached hydrogens (tertiary/aromatic N) is 5.